The molecule has 1 heterocycles. The second-order valence-corrected chi connectivity index (χ2v) is 6.46. The Kier molecular flexibility index (Phi) is 5.84. The molecule has 1 aliphatic rings. The standard InChI is InChI=1S/C16H25N3O2.ClH/c1-11(2)13(17)14(20)16(19-18-10-21-16)15(3,4)12-8-6-5-7-9-12;/h5-11,13-14,19-20H,17H2,1-4H3;1H. The number of hydrogen-bond donors (Lipinski definition) is 3. The van der Waals surface area contributed by atoms with E-state index in [1.54, 1.807) is 0 Å². The molecule has 2 rings (SSSR count). The number of nitrogens with two attached hydrogens (primary N) is 1. The van der Waals surface area contributed by atoms with E-state index >= 15 is 0 Å². The maximum absolute atomic E-state index is 10.8. The normalized spacial score (nSPS) is 23.4. The zero-order chi connectivity index (χ0) is 15.7. The van der Waals surface area contributed by atoms with Crippen LogP contribution in [0.25, 0.3) is 0 Å². The average molecular weight is 328 g/mol. The smallest absolute Gasteiger partial charge is 0.232 e. The van der Waals surface area contributed by atoms with E-state index in [9.17, 15) is 5.11 Å². The molecule has 3 atom stereocenters. The molecule has 0 spiro atoms. The lowest BCUT2D eigenvalue weighted by Crippen LogP contribution is -2.68. The van der Waals surface area contributed by atoms with Crippen LogP contribution in [0.3, 0.4) is 0 Å². The molecule has 0 radical (unpaired) electrons. The lowest BCUT2D eigenvalue weighted by molar-refractivity contribution is -0.126. The first kappa shape index (κ1) is 18.7. The molecule has 124 valence electrons. The van der Waals surface area contributed by atoms with Crippen LogP contribution in [0, 0.1) is 5.92 Å². The van der Waals surface area contributed by atoms with Gasteiger partial charge in [0.15, 0.2) is 6.40 Å². The summed E-state index contributed by atoms with van der Waals surface area (Å²) in [6, 6.07) is 9.49. The van der Waals surface area contributed by atoms with E-state index in [2.05, 4.69) is 10.5 Å². The molecule has 5 nitrogen and oxygen atoms in total. The van der Waals surface area contributed by atoms with Crippen molar-refractivity contribution in [2.75, 3.05) is 0 Å². The third kappa shape index (κ3) is 2.93. The number of nitrogens with zero attached hydrogens (tertiary/aromatic N) is 1. The van der Waals surface area contributed by atoms with Crippen molar-refractivity contribution in [3.8, 4) is 0 Å². The van der Waals surface area contributed by atoms with Crippen molar-refractivity contribution >= 4 is 18.8 Å². The Morgan fingerprint density at radius 2 is 1.86 bits per heavy atom. The van der Waals surface area contributed by atoms with Crippen molar-refractivity contribution in [3.63, 3.8) is 0 Å². The Hall–Kier alpha value is -1.30. The lowest BCUT2D eigenvalue weighted by Gasteiger charge is -2.47. The highest BCUT2D eigenvalue weighted by Gasteiger charge is 2.57. The Morgan fingerprint density at radius 3 is 2.32 bits per heavy atom. The van der Waals surface area contributed by atoms with E-state index in [1.807, 2.05) is 58.0 Å². The summed E-state index contributed by atoms with van der Waals surface area (Å²) in [7, 11) is 0. The average Bonchev–Trinajstić information content (AvgIpc) is 2.97. The van der Waals surface area contributed by atoms with Crippen LogP contribution in [0.2, 0.25) is 0 Å². The first-order valence-corrected chi connectivity index (χ1v) is 7.28. The second-order valence-electron chi connectivity index (χ2n) is 6.46. The van der Waals surface area contributed by atoms with Crippen molar-refractivity contribution in [1.29, 1.82) is 0 Å². The Balaban J connectivity index is 0.00000242. The molecule has 0 amide bonds. The minimum Gasteiger partial charge on any atom is -0.451 e. The number of aliphatic hydroxyl groups is 1. The molecular weight excluding hydrogens is 302 g/mol. The van der Waals surface area contributed by atoms with Crippen LogP contribution < -0.4 is 11.2 Å². The molecule has 0 fully saturated rings. The van der Waals surface area contributed by atoms with Gasteiger partial charge in [-0.3, -0.25) is 5.43 Å². The monoisotopic (exact) mass is 327 g/mol. The quantitative estimate of drug-likeness (QED) is 0.772. The van der Waals surface area contributed by atoms with Crippen LogP contribution in [0.5, 0.6) is 0 Å². The van der Waals surface area contributed by atoms with Gasteiger partial charge < -0.3 is 15.6 Å². The first-order chi connectivity index (χ1) is 9.83. The Morgan fingerprint density at radius 1 is 1.27 bits per heavy atom. The Labute approximate surface area is 138 Å². The van der Waals surface area contributed by atoms with Gasteiger partial charge in [0.2, 0.25) is 5.72 Å². The topological polar surface area (TPSA) is 79.9 Å². The summed E-state index contributed by atoms with van der Waals surface area (Å²) >= 11 is 0. The minimum absolute atomic E-state index is 0. The maximum atomic E-state index is 10.8. The van der Waals surface area contributed by atoms with Gasteiger partial charge in [-0.25, -0.2) is 0 Å². The summed E-state index contributed by atoms with van der Waals surface area (Å²) in [5, 5.41) is 14.8. The molecule has 4 N–H and O–H groups in total. The number of nitrogens with one attached hydrogen (secondary N) is 1. The fourth-order valence-electron chi connectivity index (χ4n) is 2.76. The summed E-state index contributed by atoms with van der Waals surface area (Å²) in [6.45, 7) is 7.99. The zero-order valence-electron chi connectivity index (χ0n) is 13.5. The molecule has 22 heavy (non-hydrogen) atoms. The van der Waals surface area contributed by atoms with Gasteiger partial charge in [-0.2, -0.15) is 0 Å². The predicted octanol–water partition coefficient (Wildman–Crippen LogP) is 1.99. The van der Waals surface area contributed by atoms with Crippen molar-refractivity contribution in [3.05, 3.63) is 35.9 Å². The molecule has 3 unspecified atom stereocenters. The molecule has 0 bridgehead atoms. The van der Waals surface area contributed by atoms with Crippen LogP contribution in [-0.4, -0.2) is 29.4 Å². The predicted molar refractivity (Wildman–Crippen MR) is 91.0 cm³/mol. The highest BCUT2D eigenvalue weighted by molar-refractivity contribution is 5.85. The van der Waals surface area contributed by atoms with Gasteiger partial charge in [-0.05, 0) is 25.3 Å². The summed E-state index contributed by atoms with van der Waals surface area (Å²) in [4.78, 5) is 0. The maximum Gasteiger partial charge on any atom is 0.232 e. The van der Waals surface area contributed by atoms with E-state index in [0.717, 1.165) is 5.56 Å². The number of benzene rings is 1. The van der Waals surface area contributed by atoms with E-state index < -0.39 is 23.3 Å². The largest absolute Gasteiger partial charge is 0.451 e. The summed E-state index contributed by atoms with van der Waals surface area (Å²) < 4.78 is 5.76. The summed E-state index contributed by atoms with van der Waals surface area (Å²) in [5.41, 5.74) is 8.56. The van der Waals surface area contributed by atoms with Gasteiger partial charge in [0.05, 0.1) is 5.41 Å². The van der Waals surface area contributed by atoms with Gasteiger partial charge in [-0.1, -0.05) is 44.2 Å². The fraction of sp³-hybridized carbons (Fsp3) is 0.562. The molecule has 6 heteroatoms. The molecule has 0 aliphatic carbocycles. The van der Waals surface area contributed by atoms with Gasteiger partial charge in [-0.15, -0.1) is 17.5 Å². The van der Waals surface area contributed by atoms with Crippen LogP contribution in [0.4, 0.5) is 0 Å². The van der Waals surface area contributed by atoms with Crippen LogP contribution >= 0.6 is 12.4 Å². The summed E-state index contributed by atoms with van der Waals surface area (Å²) in [6.07, 6.45) is 0.427. The van der Waals surface area contributed by atoms with Gasteiger partial charge in [0.25, 0.3) is 0 Å². The fourth-order valence-corrected chi connectivity index (χ4v) is 2.76. The lowest BCUT2D eigenvalue weighted by atomic mass is 9.70. The zero-order valence-corrected chi connectivity index (χ0v) is 14.3. The van der Waals surface area contributed by atoms with E-state index in [4.69, 9.17) is 10.5 Å². The van der Waals surface area contributed by atoms with Gasteiger partial charge >= 0.3 is 0 Å². The SMILES string of the molecule is CC(C)C(N)C(O)C1(C(C)(C)c2ccccc2)NN=CO1.Cl. The number of halogens is 1. The highest BCUT2D eigenvalue weighted by atomic mass is 35.5. The van der Waals surface area contributed by atoms with E-state index in [1.165, 1.54) is 6.40 Å². The molecule has 1 aromatic carbocycles. The molecule has 0 saturated carbocycles. The van der Waals surface area contributed by atoms with Crippen LogP contribution in [0.15, 0.2) is 35.4 Å². The highest BCUT2D eigenvalue weighted by Crippen LogP contribution is 2.40. The second kappa shape index (κ2) is 6.86. The molecule has 1 aliphatic heterocycles. The number of aliphatic hydroxyl groups excluding tert-OH is 1. The molecule has 0 aromatic heterocycles. The van der Waals surface area contributed by atoms with Gasteiger partial charge in [0, 0.05) is 6.04 Å². The van der Waals surface area contributed by atoms with E-state index in [0.29, 0.717) is 0 Å². The van der Waals surface area contributed by atoms with Crippen molar-refractivity contribution in [1.82, 2.24) is 5.43 Å². The van der Waals surface area contributed by atoms with Gasteiger partial charge in [0.1, 0.15) is 6.10 Å². The van der Waals surface area contributed by atoms with Crippen molar-refractivity contribution in [2.45, 2.75) is 51.0 Å². The van der Waals surface area contributed by atoms with Crippen molar-refractivity contribution in [2.24, 2.45) is 16.8 Å². The van der Waals surface area contributed by atoms with Crippen molar-refractivity contribution < 1.29 is 9.84 Å². The number of hydrazone groups is 1. The minimum atomic E-state index is -1.09. The molecule has 1 aromatic rings. The first-order valence-electron chi connectivity index (χ1n) is 7.28. The van der Waals surface area contributed by atoms with Crippen LogP contribution in [-0.2, 0) is 10.2 Å². The Bertz CT molecular complexity index is 497. The number of rotatable bonds is 5. The van der Waals surface area contributed by atoms with Crippen LogP contribution in [0.1, 0.15) is 33.3 Å². The number of ether oxygens (including phenoxy) is 1. The summed E-state index contributed by atoms with van der Waals surface area (Å²) in [5.74, 6) is 0.120. The third-order valence-corrected chi connectivity index (χ3v) is 4.50. The number of hydrogen-bond acceptors (Lipinski definition) is 5. The van der Waals surface area contributed by atoms with E-state index in [-0.39, 0.29) is 18.3 Å². The molecular formula is C16H26ClN3O2. The molecule has 0 saturated heterocycles. The third-order valence-electron chi connectivity index (χ3n) is 4.50.